The van der Waals surface area contributed by atoms with E-state index >= 15 is 0 Å². The van der Waals surface area contributed by atoms with Crippen molar-refractivity contribution >= 4 is 51.8 Å². The highest BCUT2D eigenvalue weighted by Gasteiger charge is 2.07. The standard InChI is InChI=1S/C12H11ClIN3S/c1-7-11(14)12(15)17-10(16-7)6-18-9-5-3-2-4-8(9)13/h2-5H,6H2,1H3,(H2,15,16,17). The number of aromatic nitrogens is 2. The first kappa shape index (κ1) is 13.9. The van der Waals surface area contributed by atoms with Crippen molar-refractivity contribution < 1.29 is 0 Å². The lowest BCUT2D eigenvalue weighted by atomic mass is 10.4. The van der Waals surface area contributed by atoms with Gasteiger partial charge in [0.25, 0.3) is 0 Å². The van der Waals surface area contributed by atoms with Crippen LogP contribution in [-0.2, 0) is 5.75 Å². The van der Waals surface area contributed by atoms with Crippen molar-refractivity contribution in [1.82, 2.24) is 9.97 Å². The molecule has 18 heavy (non-hydrogen) atoms. The molecule has 6 heteroatoms. The molecule has 0 spiro atoms. The van der Waals surface area contributed by atoms with Crippen molar-refractivity contribution in [3.8, 4) is 0 Å². The van der Waals surface area contributed by atoms with E-state index in [0.717, 1.165) is 25.0 Å². The molecule has 0 saturated carbocycles. The topological polar surface area (TPSA) is 51.8 Å². The molecule has 2 N–H and O–H groups in total. The van der Waals surface area contributed by atoms with Crippen molar-refractivity contribution in [1.29, 1.82) is 0 Å². The van der Waals surface area contributed by atoms with Crippen molar-refractivity contribution in [2.24, 2.45) is 0 Å². The molecule has 1 aromatic carbocycles. The lowest BCUT2D eigenvalue weighted by Crippen LogP contribution is -2.04. The van der Waals surface area contributed by atoms with Crippen molar-refractivity contribution in [3.05, 3.63) is 44.4 Å². The number of aryl methyl sites for hydroxylation is 1. The fraction of sp³-hybridized carbons (Fsp3) is 0.167. The fourth-order valence-corrected chi connectivity index (χ4v) is 2.74. The Hall–Kier alpha value is -0.530. The van der Waals surface area contributed by atoms with Gasteiger partial charge in [-0.1, -0.05) is 23.7 Å². The molecular formula is C12H11ClIN3S. The summed E-state index contributed by atoms with van der Waals surface area (Å²) < 4.78 is 0.916. The van der Waals surface area contributed by atoms with Crippen LogP contribution < -0.4 is 5.73 Å². The molecule has 1 aromatic heterocycles. The molecular weight excluding hydrogens is 381 g/mol. The molecule has 0 amide bonds. The quantitative estimate of drug-likeness (QED) is 0.636. The summed E-state index contributed by atoms with van der Waals surface area (Å²) in [5, 5.41) is 0.748. The Morgan fingerprint density at radius 3 is 2.72 bits per heavy atom. The van der Waals surface area contributed by atoms with Crippen LogP contribution in [0, 0.1) is 10.5 Å². The summed E-state index contributed by atoms with van der Waals surface area (Å²) in [5.74, 6) is 1.93. The lowest BCUT2D eigenvalue weighted by molar-refractivity contribution is 0.991. The number of halogens is 2. The number of hydrogen-bond donors (Lipinski definition) is 1. The maximum absolute atomic E-state index is 6.09. The van der Waals surface area contributed by atoms with Gasteiger partial charge in [0.1, 0.15) is 11.6 Å². The van der Waals surface area contributed by atoms with Crippen molar-refractivity contribution in [2.75, 3.05) is 5.73 Å². The molecule has 0 aliphatic carbocycles. The minimum atomic E-state index is 0.540. The maximum Gasteiger partial charge on any atom is 0.141 e. The number of thioether (sulfide) groups is 1. The summed E-state index contributed by atoms with van der Waals surface area (Å²) in [6.45, 7) is 1.93. The van der Waals surface area contributed by atoms with Crippen molar-refractivity contribution in [3.63, 3.8) is 0 Å². The van der Waals surface area contributed by atoms with E-state index in [4.69, 9.17) is 17.3 Å². The summed E-state index contributed by atoms with van der Waals surface area (Å²) in [5.41, 5.74) is 6.74. The Morgan fingerprint density at radius 2 is 2.06 bits per heavy atom. The fourth-order valence-electron chi connectivity index (χ4n) is 1.41. The van der Waals surface area contributed by atoms with E-state index in [2.05, 4.69) is 32.6 Å². The molecule has 3 nitrogen and oxygen atoms in total. The van der Waals surface area contributed by atoms with Crippen LogP contribution >= 0.6 is 46.0 Å². The summed E-state index contributed by atoms with van der Waals surface area (Å²) in [7, 11) is 0. The zero-order valence-electron chi connectivity index (χ0n) is 9.65. The lowest BCUT2D eigenvalue weighted by Gasteiger charge is -2.06. The van der Waals surface area contributed by atoms with Crippen LogP contribution in [0.4, 0.5) is 5.82 Å². The van der Waals surface area contributed by atoms with Crippen LogP contribution in [0.3, 0.4) is 0 Å². The average molecular weight is 392 g/mol. The second-order valence-electron chi connectivity index (χ2n) is 3.64. The first-order valence-corrected chi connectivity index (χ1v) is 7.68. The minimum Gasteiger partial charge on any atom is -0.383 e. The largest absolute Gasteiger partial charge is 0.383 e. The van der Waals surface area contributed by atoms with Crippen LogP contribution in [0.2, 0.25) is 5.02 Å². The number of nitrogens with two attached hydrogens (primary N) is 1. The molecule has 0 aliphatic rings. The van der Waals surface area contributed by atoms with Gasteiger partial charge in [-0.15, -0.1) is 11.8 Å². The number of benzene rings is 1. The van der Waals surface area contributed by atoms with E-state index < -0.39 is 0 Å². The Bertz CT molecular complexity index is 554. The number of nitrogens with zero attached hydrogens (tertiary/aromatic N) is 2. The SMILES string of the molecule is Cc1nc(CSc2ccccc2Cl)nc(N)c1I. The molecule has 1 heterocycles. The molecule has 94 valence electrons. The van der Waals surface area contributed by atoms with Gasteiger partial charge < -0.3 is 5.73 Å². The summed E-state index contributed by atoms with van der Waals surface area (Å²) >= 11 is 9.85. The minimum absolute atomic E-state index is 0.540. The van der Waals surface area contributed by atoms with Crippen molar-refractivity contribution in [2.45, 2.75) is 17.6 Å². The van der Waals surface area contributed by atoms with Crippen LogP contribution in [0.1, 0.15) is 11.5 Å². The molecule has 0 bridgehead atoms. The molecule has 2 aromatic rings. The number of rotatable bonds is 3. The molecule has 0 unspecified atom stereocenters. The molecule has 2 rings (SSSR count). The van der Waals surface area contributed by atoms with Gasteiger partial charge in [-0.3, -0.25) is 0 Å². The van der Waals surface area contributed by atoms with E-state index in [0.29, 0.717) is 11.6 Å². The summed E-state index contributed by atoms with van der Waals surface area (Å²) in [4.78, 5) is 9.71. The highest BCUT2D eigenvalue weighted by molar-refractivity contribution is 14.1. The predicted octanol–water partition coefficient (Wildman–Crippen LogP) is 3.92. The van der Waals surface area contributed by atoms with Crippen LogP contribution in [0.25, 0.3) is 0 Å². The van der Waals surface area contributed by atoms with Gasteiger partial charge >= 0.3 is 0 Å². The Morgan fingerprint density at radius 1 is 1.33 bits per heavy atom. The van der Waals surface area contributed by atoms with Gasteiger partial charge in [0.2, 0.25) is 0 Å². The van der Waals surface area contributed by atoms with Crippen LogP contribution in [-0.4, -0.2) is 9.97 Å². The third kappa shape index (κ3) is 3.27. The van der Waals surface area contributed by atoms with E-state index in [1.54, 1.807) is 11.8 Å². The van der Waals surface area contributed by atoms with E-state index in [1.165, 1.54) is 0 Å². The van der Waals surface area contributed by atoms with Crippen LogP contribution in [0.5, 0.6) is 0 Å². The zero-order chi connectivity index (χ0) is 13.1. The highest BCUT2D eigenvalue weighted by atomic mass is 127. The third-order valence-corrected chi connectivity index (χ3v) is 5.13. The second kappa shape index (κ2) is 6.08. The average Bonchev–Trinajstić information content (AvgIpc) is 2.35. The summed E-state index contributed by atoms with van der Waals surface area (Å²) in [6.07, 6.45) is 0. The van der Waals surface area contributed by atoms with E-state index in [-0.39, 0.29) is 0 Å². The Balaban J connectivity index is 2.14. The monoisotopic (exact) mass is 391 g/mol. The zero-order valence-corrected chi connectivity index (χ0v) is 13.4. The third-order valence-electron chi connectivity index (χ3n) is 2.28. The first-order valence-electron chi connectivity index (χ1n) is 5.23. The predicted molar refractivity (Wildman–Crippen MR) is 84.9 cm³/mol. The van der Waals surface area contributed by atoms with Crippen LogP contribution in [0.15, 0.2) is 29.2 Å². The maximum atomic E-state index is 6.09. The van der Waals surface area contributed by atoms with E-state index in [9.17, 15) is 0 Å². The van der Waals surface area contributed by atoms with Gasteiger partial charge in [0, 0.05) is 4.90 Å². The van der Waals surface area contributed by atoms with Gasteiger partial charge in [-0.05, 0) is 41.6 Å². The molecule has 0 atom stereocenters. The van der Waals surface area contributed by atoms with Gasteiger partial charge in [0.05, 0.1) is 20.0 Å². The molecule has 0 radical (unpaired) electrons. The highest BCUT2D eigenvalue weighted by Crippen LogP contribution is 2.29. The first-order chi connectivity index (χ1) is 8.58. The van der Waals surface area contributed by atoms with Gasteiger partial charge in [-0.25, -0.2) is 9.97 Å². The number of hydrogen-bond acceptors (Lipinski definition) is 4. The normalized spacial score (nSPS) is 10.6. The Kier molecular flexibility index (Phi) is 4.69. The summed E-state index contributed by atoms with van der Waals surface area (Å²) in [6, 6.07) is 7.73. The number of anilines is 1. The smallest absolute Gasteiger partial charge is 0.141 e. The van der Waals surface area contributed by atoms with Gasteiger partial charge in [0.15, 0.2) is 0 Å². The Labute approximate surface area is 129 Å². The molecule has 0 aliphatic heterocycles. The van der Waals surface area contributed by atoms with E-state index in [1.807, 2.05) is 31.2 Å². The van der Waals surface area contributed by atoms with Gasteiger partial charge in [-0.2, -0.15) is 0 Å². The molecule has 0 fully saturated rings. The molecule has 0 saturated heterocycles. The number of nitrogen functional groups attached to an aromatic ring is 1. The second-order valence-corrected chi connectivity index (χ2v) is 6.15.